The molecule has 0 radical (unpaired) electrons. The first-order chi connectivity index (χ1) is 15.3. The van der Waals surface area contributed by atoms with Gasteiger partial charge in [-0.15, -0.1) is 0 Å². The topological polar surface area (TPSA) is 87.4 Å². The zero-order chi connectivity index (χ0) is 23.5. The van der Waals surface area contributed by atoms with Gasteiger partial charge in [-0.1, -0.05) is 51.0 Å². The van der Waals surface area contributed by atoms with Crippen LogP contribution in [0.25, 0.3) is 0 Å². The Labute approximate surface area is 189 Å². The Kier molecular flexibility index (Phi) is 10.7. The van der Waals surface area contributed by atoms with E-state index in [0.29, 0.717) is 18.5 Å². The number of halogens is 2. The molecule has 3 atom stereocenters. The number of primary amides is 1. The van der Waals surface area contributed by atoms with Crippen LogP contribution in [-0.4, -0.2) is 35.7 Å². The highest BCUT2D eigenvalue weighted by Crippen LogP contribution is 2.14. The quantitative estimate of drug-likeness (QED) is 0.358. The van der Waals surface area contributed by atoms with Crippen LogP contribution in [-0.2, 0) is 24.2 Å². The monoisotopic (exact) mass is 447 g/mol. The zero-order valence-corrected chi connectivity index (χ0v) is 18.9. The first-order valence-corrected chi connectivity index (χ1v) is 11.3. The Hall–Kier alpha value is -2.35. The molecule has 0 aliphatic heterocycles. The number of hydrogen-bond acceptors (Lipinski definition) is 4. The van der Waals surface area contributed by atoms with E-state index in [4.69, 9.17) is 5.73 Å². The van der Waals surface area contributed by atoms with Crippen LogP contribution in [0.1, 0.15) is 49.8 Å². The second-order valence-corrected chi connectivity index (χ2v) is 8.22. The Balaban J connectivity index is 2.09. The van der Waals surface area contributed by atoms with Gasteiger partial charge in [0, 0.05) is 25.2 Å². The fraction of sp³-hybridized carbons (Fsp3) is 0.480. The third-order valence-electron chi connectivity index (χ3n) is 5.53. The molecule has 0 spiro atoms. The number of aliphatic hydroxyl groups excluding tert-OH is 1. The van der Waals surface area contributed by atoms with Crippen LogP contribution in [0.4, 0.5) is 8.78 Å². The third kappa shape index (κ3) is 8.65. The van der Waals surface area contributed by atoms with Crippen molar-refractivity contribution in [2.75, 3.05) is 6.54 Å². The second-order valence-electron chi connectivity index (χ2n) is 8.22. The molecule has 0 saturated carbocycles. The minimum Gasteiger partial charge on any atom is -0.390 e. The maximum absolute atomic E-state index is 13.7. The number of nitrogens with one attached hydrogen (secondary N) is 2. The van der Waals surface area contributed by atoms with Crippen molar-refractivity contribution >= 4 is 5.91 Å². The maximum atomic E-state index is 13.7. The van der Waals surface area contributed by atoms with Gasteiger partial charge in [0.15, 0.2) is 0 Å². The lowest BCUT2D eigenvalue weighted by atomic mass is 9.98. The molecule has 2 rings (SSSR count). The van der Waals surface area contributed by atoms with E-state index in [9.17, 15) is 18.7 Å². The lowest BCUT2D eigenvalue weighted by Gasteiger charge is -2.28. The Morgan fingerprint density at radius 2 is 1.75 bits per heavy atom. The van der Waals surface area contributed by atoms with Crippen LogP contribution in [0.5, 0.6) is 0 Å². The lowest BCUT2D eigenvalue weighted by Crippen LogP contribution is -2.53. The van der Waals surface area contributed by atoms with Crippen molar-refractivity contribution in [1.82, 2.24) is 10.6 Å². The molecule has 0 heterocycles. The number of benzene rings is 2. The summed E-state index contributed by atoms with van der Waals surface area (Å²) in [6.07, 6.45) is 2.41. The fourth-order valence-electron chi connectivity index (χ4n) is 3.73. The van der Waals surface area contributed by atoms with E-state index >= 15 is 0 Å². The molecule has 5 N–H and O–H groups in total. The van der Waals surface area contributed by atoms with Crippen molar-refractivity contribution < 1.29 is 18.7 Å². The van der Waals surface area contributed by atoms with Gasteiger partial charge in [-0.25, -0.2) is 8.78 Å². The number of aliphatic hydroxyl groups is 1. The van der Waals surface area contributed by atoms with Crippen molar-refractivity contribution in [2.24, 2.45) is 5.73 Å². The van der Waals surface area contributed by atoms with Crippen LogP contribution in [0.2, 0.25) is 0 Å². The van der Waals surface area contributed by atoms with Gasteiger partial charge in [-0.2, -0.15) is 0 Å². The third-order valence-corrected chi connectivity index (χ3v) is 5.53. The van der Waals surface area contributed by atoms with Gasteiger partial charge in [0.05, 0.1) is 12.1 Å². The predicted octanol–water partition coefficient (Wildman–Crippen LogP) is 3.22. The van der Waals surface area contributed by atoms with Crippen LogP contribution in [0.3, 0.4) is 0 Å². The molecule has 2 aromatic carbocycles. The first-order valence-electron chi connectivity index (χ1n) is 11.3. The average molecular weight is 448 g/mol. The van der Waals surface area contributed by atoms with Crippen LogP contribution < -0.4 is 16.4 Å². The zero-order valence-electron chi connectivity index (χ0n) is 18.9. The largest absolute Gasteiger partial charge is 0.390 e. The molecule has 0 aromatic heterocycles. The van der Waals surface area contributed by atoms with Gasteiger partial charge in [0.25, 0.3) is 0 Å². The van der Waals surface area contributed by atoms with Crippen molar-refractivity contribution in [1.29, 1.82) is 0 Å². The molecule has 32 heavy (non-hydrogen) atoms. The van der Waals surface area contributed by atoms with Crippen molar-refractivity contribution in [3.63, 3.8) is 0 Å². The maximum Gasteiger partial charge on any atom is 0.234 e. The Morgan fingerprint density at radius 1 is 1.06 bits per heavy atom. The Morgan fingerprint density at radius 3 is 2.38 bits per heavy atom. The number of aryl methyl sites for hydroxylation is 1. The summed E-state index contributed by atoms with van der Waals surface area (Å²) in [5, 5.41) is 17.2. The molecule has 0 unspecified atom stereocenters. The summed E-state index contributed by atoms with van der Waals surface area (Å²) < 4.78 is 27.4. The summed E-state index contributed by atoms with van der Waals surface area (Å²) in [6, 6.07) is 10.2. The molecular formula is C25H35F2N3O2. The standard InChI is InChI=1S/C25H35F2N3O2/c1-3-5-9-22(25(28)32)30-23(13-19-11-20(26)14-21(27)12-19)24(31)16-29-15-18-8-6-7-17(4-2)10-18/h6-8,10-12,14,22-24,29-31H,3-5,9,13,15-16H2,1-2H3,(H2,28,32)/t22-,23+,24-/m1/s1. The summed E-state index contributed by atoms with van der Waals surface area (Å²) in [5.41, 5.74) is 8.29. The summed E-state index contributed by atoms with van der Waals surface area (Å²) >= 11 is 0. The van der Waals surface area contributed by atoms with Crippen LogP contribution in [0.15, 0.2) is 42.5 Å². The van der Waals surface area contributed by atoms with E-state index < -0.39 is 35.7 Å². The summed E-state index contributed by atoms with van der Waals surface area (Å²) in [4.78, 5) is 11.9. The number of nitrogens with two attached hydrogens (primary N) is 1. The van der Waals surface area contributed by atoms with Crippen molar-refractivity contribution in [2.45, 2.75) is 70.7 Å². The van der Waals surface area contributed by atoms with E-state index in [1.807, 2.05) is 19.1 Å². The SMILES string of the molecule is CCCC[C@@H](N[C@@H](Cc1cc(F)cc(F)c1)[C@H](O)CNCc1cccc(CC)c1)C(N)=O. The molecule has 7 heteroatoms. The van der Waals surface area contributed by atoms with Crippen molar-refractivity contribution in [3.8, 4) is 0 Å². The minimum absolute atomic E-state index is 0.152. The molecule has 176 valence electrons. The number of amides is 1. The molecule has 0 saturated heterocycles. The summed E-state index contributed by atoms with van der Waals surface area (Å²) in [5.74, 6) is -1.87. The van der Waals surface area contributed by atoms with Crippen molar-refractivity contribution in [3.05, 3.63) is 70.8 Å². The average Bonchev–Trinajstić information content (AvgIpc) is 2.75. The number of rotatable bonds is 14. The highest BCUT2D eigenvalue weighted by Gasteiger charge is 2.25. The van der Waals surface area contributed by atoms with Gasteiger partial charge in [-0.05, 0) is 48.1 Å². The van der Waals surface area contributed by atoms with E-state index in [-0.39, 0.29) is 13.0 Å². The number of hydrogen-bond donors (Lipinski definition) is 4. The summed E-state index contributed by atoms with van der Waals surface area (Å²) in [7, 11) is 0. The van der Waals surface area contributed by atoms with Gasteiger partial charge in [0.2, 0.25) is 5.91 Å². The first kappa shape index (κ1) is 25.9. The molecular weight excluding hydrogens is 412 g/mol. The van der Waals surface area contributed by atoms with E-state index in [0.717, 1.165) is 30.9 Å². The molecule has 0 aliphatic rings. The molecule has 1 amide bonds. The fourth-order valence-corrected chi connectivity index (χ4v) is 3.73. The van der Waals surface area contributed by atoms with E-state index in [1.54, 1.807) is 0 Å². The second kappa shape index (κ2) is 13.3. The van der Waals surface area contributed by atoms with Crippen LogP contribution >= 0.6 is 0 Å². The predicted molar refractivity (Wildman–Crippen MR) is 123 cm³/mol. The van der Waals surface area contributed by atoms with E-state index in [1.165, 1.54) is 17.7 Å². The molecule has 0 bridgehead atoms. The Bertz CT molecular complexity index is 843. The highest BCUT2D eigenvalue weighted by molar-refractivity contribution is 5.79. The molecule has 0 fully saturated rings. The number of carbonyl (C=O) groups is 1. The number of carbonyl (C=O) groups excluding carboxylic acids is 1. The molecule has 0 aliphatic carbocycles. The van der Waals surface area contributed by atoms with E-state index in [2.05, 4.69) is 29.7 Å². The lowest BCUT2D eigenvalue weighted by molar-refractivity contribution is -0.120. The summed E-state index contributed by atoms with van der Waals surface area (Å²) in [6.45, 7) is 4.92. The normalized spacial score (nSPS) is 14.2. The van der Waals surface area contributed by atoms with Gasteiger partial charge in [0.1, 0.15) is 11.6 Å². The molecule has 2 aromatic rings. The van der Waals surface area contributed by atoms with Gasteiger partial charge in [-0.3, -0.25) is 4.79 Å². The highest BCUT2D eigenvalue weighted by atomic mass is 19.1. The smallest absolute Gasteiger partial charge is 0.234 e. The molecule has 5 nitrogen and oxygen atoms in total. The number of unbranched alkanes of at least 4 members (excludes halogenated alkanes) is 1. The van der Waals surface area contributed by atoms with Gasteiger partial charge >= 0.3 is 0 Å². The van der Waals surface area contributed by atoms with Crippen LogP contribution in [0, 0.1) is 11.6 Å². The van der Waals surface area contributed by atoms with Gasteiger partial charge < -0.3 is 21.5 Å². The minimum atomic E-state index is -0.904.